The lowest BCUT2D eigenvalue weighted by Gasteiger charge is -2.19. The van der Waals surface area contributed by atoms with Gasteiger partial charge in [0.15, 0.2) is 0 Å². The van der Waals surface area contributed by atoms with Gasteiger partial charge in [0, 0.05) is 16.2 Å². The molecule has 14 heavy (non-hydrogen) atoms. The Morgan fingerprint density at radius 3 is 2.57 bits per heavy atom. The number of aliphatic hydroxyl groups excluding tert-OH is 1. The maximum absolute atomic E-state index is 9.37. The molecule has 1 aromatic rings. The first-order valence-electron chi connectivity index (χ1n) is 4.72. The third-order valence-corrected chi connectivity index (χ3v) is 3.23. The van der Waals surface area contributed by atoms with E-state index in [0.717, 1.165) is 10.2 Å². The van der Waals surface area contributed by atoms with Crippen molar-refractivity contribution in [1.82, 2.24) is 0 Å². The lowest BCUT2D eigenvalue weighted by atomic mass is 10.1. The molecule has 0 amide bonds. The molecule has 0 saturated heterocycles. The van der Waals surface area contributed by atoms with Crippen LogP contribution in [0.4, 0.5) is 5.69 Å². The Morgan fingerprint density at radius 2 is 2.00 bits per heavy atom. The standard InChI is InChI=1S/C11H16BrNO/c1-7-10(12)5-4-6-11(7)13-8(2)9(3)14/h4-6,8-9,13-14H,1-3H3. The van der Waals surface area contributed by atoms with E-state index in [2.05, 4.69) is 21.2 Å². The topological polar surface area (TPSA) is 32.3 Å². The maximum atomic E-state index is 9.37. The van der Waals surface area contributed by atoms with Crippen LogP contribution in [-0.2, 0) is 0 Å². The van der Waals surface area contributed by atoms with Crippen molar-refractivity contribution in [1.29, 1.82) is 0 Å². The zero-order chi connectivity index (χ0) is 10.7. The Hall–Kier alpha value is -0.540. The van der Waals surface area contributed by atoms with Crippen molar-refractivity contribution in [3.63, 3.8) is 0 Å². The van der Waals surface area contributed by atoms with Gasteiger partial charge < -0.3 is 10.4 Å². The zero-order valence-corrected chi connectivity index (χ0v) is 10.3. The lowest BCUT2D eigenvalue weighted by molar-refractivity contribution is 0.178. The van der Waals surface area contributed by atoms with Crippen molar-refractivity contribution in [3.8, 4) is 0 Å². The summed E-state index contributed by atoms with van der Waals surface area (Å²) in [5, 5.41) is 12.6. The third kappa shape index (κ3) is 2.72. The van der Waals surface area contributed by atoms with E-state index < -0.39 is 0 Å². The number of nitrogens with one attached hydrogen (secondary N) is 1. The summed E-state index contributed by atoms with van der Waals surface area (Å²) in [4.78, 5) is 0. The molecule has 2 nitrogen and oxygen atoms in total. The highest BCUT2D eigenvalue weighted by atomic mass is 79.9. The summed E-state index contributed by atoms with van der Waals surface area (Å²) in [6, 6.07) is 6.06. The number of aliphatic hydroxyl groups is 1. The molecule has 1 aromatic carbocycles. The second kappa shape index (κ2) is 4.80. The van der Waals surface area contributed by atoms with Gasteiger partial charge in [-0.25, -0.2) is 0 Å². The van der Waals surface area contributed by atoms with Gasteiger partial charge in [0.05, 0.1) is 6.10 Å². The molecule has 0 fully saturated rings. The SMILES string of the molecule is Cc1c(Br)cccc1NC(C)C(C)O. The highest BCUT2D eigenvalue weighted by Crippen LogP contribution is 2.24. The fourth-order valence-electron chi connectivity index (χ4n) is 1.13. The number of hydrogen-bond donors (Lipinski definition) is 2. The highest BCUT2D eigenvalue weighted by Gasteiger charge is 2.09. The predicted octanol–water partition coefficient (Wildman–Crippen LogP) is 2.94. The van der Waals surface area contributed by atoms with Gasteiger partial charge in [-0.3, -0.25) is 0 Å². The molecule has 2 unspecified atom stereocenters. The van der Waals surface area contributed by atoms with E-state index >= 15 is 0 Å². The first-order valence-corrected chi connectivity index (χ1v) is 5.51. The van der Waals surface area contributed by atoms with Crippen molar-refractivity contribution in [2.45, 2.75) is 32.9 Å². The quantitative estimate of drug-likeness (QED) is 0.873. The average molecular weight is 258 g/mol. The summed E-state index contributed by atoms with van der Waals surface area (Å²) in [6.07, 6.45) is -0.353. The molecule has 0 heterocycles. The predicted molar refractivity (Wildman–Crippen MR) is 63.6 cm³/mol. The minimum absolute atomic E-state index is 0.0583. The first-order chi connectivity index (χ1) is 6.52. The van der Waals surface area contributed by atoms with E-state index in [-0.39, 0.29) is 12.1 Å². The summed E-state index contributed by atoms with van der Waals surface area (Å²) in [6.45, 7) is 5.79. The summed E-state index contributed by atoms with van der Waals surface area (Å²) in [5.74, 6) is 0. The summed E-state index contributed by atoms with van der Waals surface area (Å²) >= 11 is 3.47. The summed E-state index contributed by atoms with van der Waals surface area (Å²) in [5.41, 5.74) is 2.23. The number of anilines is 1. The number of halogens is 1. The minimum atomic E-state index is -0.353. The minimum Gasteiger partial charge on any atom is -0.391 e. The van der Waals surface area contributed by atoms with Gasteiger partial charge in [-0.15, -0.1) is 0 Å². The Labute approximate surface area is 93.5 Å². The fourth-order valence-corrected chi connectivity index (χ4v) is 1.50. The van der Waals surface area contributed by atoms with Gasteiger partial charge in [-0.05, 0) is 38.5 Å². The highest BCUT2D eigenvalue weighted by molar-refractivity contribution is 9.10. The molecule has 78 valence electrons. The van der Waals surface area contributed by atoms with Crippen LogP contribution >= 0.6 is 15.9 Å². The van der Waals surface area contributed by atoms with Crippen LogP contribution in [0, 0.1) is 6.92 Å². The van der Waals surface area contributed by atoms with E-state index in [4.69, 9.17) is 0 Å². The molecule has 0 saturated carbocycles. The molecule has 2 N–H and O–H groups in total. The van der Waals surface area contributed by atoms with Gasteiger partial charge in [-0.2, -0.15) is 0 Å². The van der Waals surface area contributed by atoms with Crippen molar-refractivity contribution in [2.75, 3.05) is 5.32 Å². The number of rotatable bonds is 3. The molecule has 0 bridgehead atoms. The van der Waals surface area contributed by atoms with Crippen LogP contribution in [0.2, 0.25) is 0 Å². The van der Waals surface area contributed by atoms with E-state index in [0.29, 0.717) is 0 Å². The van der Waals surface area contributed by atoms with Gasteiger partial charge >= 0.3 is 0 Å². The van der Waals surface area contributed by atoms with Crippen molar-refractivity contribution in [3.05, 3.63) is 28.2 Å². The van der Waals surface area contributed by atoms with Crippen LogP contribution in [0.15, 0.2) is 22.7 Å². The zero-order valence-electron chi connectivity index (χ0n) is 8.71. The molecular formula is C11H16BrNO. The lowest BCUT2D eigenvalue weighted by Crippen LogP contribution is -2.28. The van der Waals surface area contributed by atoms with Crippen LogP contribution < -0.4 is 5.32 Å². The van der Waals surface area contributed by atoms with Crippen LogP contribution in [0.3, 0.4) is 0 Å². The van der Waals surface area contributed by atoms with Crippen LogP contribution in [0.5, 0.6) is 0 Å². The Bertz CT molecular complexity index is 312. The Kier molecular flexibility index (Phi) is 3.96. The molecule has 0 spiro atoms. The van der Waals surface area contributed by atoms with Gasteiger partial charge in [0.2, 0.25) is 0 Å². The summed E-state index contributed by atoms with van der Waals surface area (Å²) in [7, 11) is 0. The number of hydrogen-bond acceptors (Lipinski definition) is 2. The Balaban J connectivity index is 2.82. The second-order valence-corrected chi connectivity index (χ2v) is 4.44. The largest absolute Gasteiger partial charge is 0.391 e. The smallest absolute Gasteiger partial charge is 0.0710 e. The molecular weight excluding hydrogens is 242 g/mol. The van der Waals surface area contributed by atoms with Crippen LogP contribution in [0.25, 0.3) is 0 Å². The summed E-state index contributed by atoms with van der Waals surface area (Å²) < 4.78 is 1.08. The monoisotopic (exact) mass is 257 g/mol. The molecule has 2 atom stereocenters. The van der Waals surface area contributed by atoms with Gasteiger partial charge in [0.25, 0.3) is 0 Å². The second-order valence-electron chi connectivity index (χ2n) is 3.59. The first kappa shape index (κ1) is 11.5. The van der Waals surface area contributed by atoms with Crippen molar-refractivity contribution in [2.24, 2.45) is 0 Å². The maximum Gasteiger partial charge on any atom is 0.0710 e. The molecule has 0 aromatic heterocycles. The van der Waals surface area contributed by atoms with Crippen LogP contribution in [-0.4, -0.2) is 17.3 Å². The fraction of sp³-hybridized carbons (Fsp3) is 0.455. The molecule has 1 rings (SSSR count). The Morgan fingerprint density at radius 1 is 1.36 bits per heavy atom. The van der Waals surface area contributed by atoms with E-state index in [9.17, 15) is 5.11 Å². The molecule has 0 radical (unpaired) electrons. The van der Waals surface area contributed by atoms with Gasteiger partial charge in [-0.1, -0.05) is 22.0 Å². The van der Waals surface area contributed by atoms with Crippen molar-refractivity contribution < 1.29 is 5.11 Å². The molecule has 0 aliphatic rings. The molecule has 0 aliphatic carbocycles. The van der Waals surface area contributed by atoms with E-state index in [1.165, 1.54) is 5.56 Å². The molecule has 3 heteroatoms. The van der Waals surface area contributed by atoms with E-state index in [1.54, 1.807) is 6.92 Å². The normalized spacial score (nSPS) is 14.9. The number of benzene rings is 1. The molecule has 0 aliphatic heterocycles. The van der Waals surface area contributed by atoms with Crippen molar-refractivity contribution >= 4 is 21.6 Å². The van der Waals surface area contributed by atoms with Crippen LogP contribution in [0.1, 0.15) is 19.4 Å². The van der Waals surface area contributed by atoms with Gasteiger partial charge in [0.1, 0.15) is 0 Å². The average Bonchev–Trinajstić information content (AvgIpc) is 2.12. The third-order valence-electron chi connectivity index (χ3n) is 2.37. The van der Waals surface area contributed by atoms with E-state index in [1.807, 2.05) is 32.0 Å².